The number of hydrogen-bond donors (Lipinski definition) is 1. The summed E-state index contributed by atoms with van der Waals surface area (Å²) in [5.41, 5.74) is 4.92. The Morgan fingerprint density at radius 1 is 1.00 bits per heavy atom. The molecule has 0 aromatic carbocycles. The van der Waals surface area contributed by atoms with Crippen LogP contribution in [0.2, 0.25) is 0 Å². The molecule has 3 heteroatoms. The molecule has 0 aromatic rings. The highest BCUT2D eigenvalue weighted by Crippen LogP contribution is 2.15. The largest absolute Gasteiger partial charge is 0.370 e. The number of carbonyl (C=O) groups is 2. The number of hydrogen-bond acceptors (Lipinski definition) is 2. The molecule has 3 nitrogen and oxygen atoms in total. The number of rotatable bonds is 4. The van der Waals surface area contributed by atoms with Crippen LogP contribution in [-0.2, 0) is 9.59 Å². The van der Waals surface area contributed by atoms with Gasteiger partial charge in [0.05, 0.1) is 0 Å². The van der Waals surface area contributed by atoms with E-state index in [2.05, 4.69) is 0 Å². The Labute approximate surface area is 132 Å². The van der Waals surface area contributed by atoms with Gasteiger partial charge in [-0.05, 0) is 27.2 Å². The number of allylic oxidation sites excluding steroid dienone is 2. The van der Waals surface area contributed by atoms with Gasteiger partial charge in [-0.25, -0.2) is 0 Å². The minimum atomic E-state index is -0.401. The Balaban J connectivity index is -0.000000245. The van der Waals surface area contributed by atoms with E-state index in [1.807, 2.05) is 46.8 Å². The second-order valence-electron chi connectivity index (χ2n) is 4.82. The zero-order valence-corrected chi connectivity index (χ0v) is 15.1. The van der Waals surface area contributed by atoms with Crippen LogP contribution in [0.1, 0.15) is 86.5 Å². The maximum atomic E-state index is 10.7. The third-order valence-corrected chi connectivity index (χ3v) is 3.10. The standard InChI is InChI=1S/C7H13NO2.C5H10.C4H8.C2H6/c1-3-6(5(2)9)4-7(8)10;1-2-4-5-3-1;1-3-4-2;1-2/h6H,3-4H2,1-2H3,(H2,8,10);1-5H2;3-4H,1-2H3;1-2H3/b;;4-3+;/t6-;;;/m1.../s1. The quantitative estimate of drug-likeness (QED) is 0.739. The lowest BCUT2D eigenvalue weighted by Crippen LogP contribution is -2.20. The van der Waals surface area contributed by atoms with Crippen LogP contribution >= 0.6 is 0 Å². The van der Waals surface area contributed by atoms with Crippen molar-refractivity contribution in [1.29, 1.82) is 0 Å². The first-order valence-electron chi connectivity index (χ1n) is 8.35. The molecule has 0 bridgehead atoms. The van der Waals surface area contributed by atoms with Gasteiger partial charge in [-0.1, -0.05) is 65.0 Å². The maximum Gasteiger partial charge on any atom is 0.218 e. The van der Waals surface area contributed by atoms with Crippen molar-refractivity contribution in [2.24, 2.45) is 11.7 Å². The highest BCUT2D eigenvalue weighted by Gasteiger charge is 2.13. The average Bonchev–Trinajstić information content (AvgIpc) is 3.06. The van der Waals surface area contributed by atoms with Gasteiger partial charge in [-0.15, -0.1) is 0 Å². The number of carbonyl (C=O) groups excluding carboxylic acids is 2. The Kier molecular flexibility index (Phi) is 25.1. The molecule has 0 aliphatic heterocycles. The zero-order chi connectivity index (χ0) is 17.1. The summed E-state index contributed by atoms with van der Waals surface area (Å²) >= 11 is 0. The first kappa shape index (κ1) is 24.9. The Morgan fingerprint density at radius 2 is 1.33 bits per heavy atom. The van der Waals surface area contributed by atoms with E-state index in [9.17, 15) is 9.59 Å². The van der Waals surface area contributed by atoms with Crippen LogP contribution in [0.25, 0.3) is 0 Å². The van der Waals surface area contributed by atoms with E-state index in [1.165, 1.54) is 39.0 Å². The average molecular weight is 299 g/mol. The van der Waals surface area contributed by atoms with E-state index in [-0.39, 0.29) is 18.1 Å². The molecule has 1 saturated carbocycles. The van der Waals surface area contributed by atoms with Crippen LogP contribution in [0.4, 0.5) is 0 Å². The first-order chi connectivity index (χ1) is 9.99. The molecule has 1 amide bonds. The van der Waals surface area contributed by atoms with E-state index in [0.29, 0.717) is 6.42 Å². The van der Waals surface area contributed by atoms with Crippen LogP contribution in [0.3, 0.4) is 0 Å². The summed E-state index contributed by atoms with van der Waals surface area (Å²) in [6.07, 6.45) is 12.4. The van der Waals surface area contributed by atoms with Gasteiger partial charge in [-0.3, -0.25) is 9.59 Å². The molecule has 1 aliphatic rings. The van der Waals surface area contributed by atoms with Gasteiger partial charge in [-0.2, -0.15) is 0 Å². The molecular formula is C18H37NO2. The van der Waals surface area contributed by atoms with Crippen LogP contribution in [-0.4, -0.2) is 11.7 Å². The normalized spacial score (nSPS) is 13.8. The summed E-state index contributed by atoms with van der Waals surface area (Å²) < 4.78 is 0. The van der Waals surface area contributed by atoms with Crippen LogP contribution < -0.4 is 5.73 Å². The topological polar surface area (TPSA) is 60.2 Å². The number of nitrogens with two attached hydrogens (primary N) is 1. The summed E-state index contributed by atoms with van der Waals surface area (Å²) in [6, 6.07) is 0. The van der Waals surface area contributed by atoms with Crippen molar-refractivity contribution >= 4 is 11.7 Å². The van der Waals surface area contributed by atoms with Crippen LogP contribution in [0.15, 0.2) is 12.2 Å². The molecule has 0 spiro atoms. The summed E-state index contributed by atoms with van der Waals surface area (Å²) in [4.78, 5) is 21.0. The van der Waals surface area contributed by atoms with Gasteiger partial charge in [0.1, 0.15) is 5.78 Å². The summed E-state index contributed by atoms with van der Waals surface area (Å²) in [6.45, 7) is 11.4. The maximum absolute atomic E-state index is 10.7. The Morgan fingerprint density at radius 3 is 1.43 bits per heavy atom. The van der Waals surface area contributed by atoms with E-state index in [1.54, 1.807) is 0 Å². The fourth-order valence-corrected chi connectivity index (χ4v) is 1.70. The zero-order valence-electron chi connectivity index (χ0n) is 15.1. The Bertz CT molecular complexity index is 244. The minimum absolute atomic E-state index is 0.0429. The van der Waals surface area contributed by atoms with E-state index >= 15 is 0 Å². The molecule has 0 saturated heterocycles. The van der Waals surface area contributed by atoms with Gasteiger partial charge in [0.2, 0.25) is 5.91 Å². The fraction of sp³-hybridized carbons (Fsp3) is 0.778. The van der Waals surface area contributed by atoms with Crippen molar-refractivity contribution in [1.82, 2.24) is 0 Å². The lowest BCUT2D eigenvalue weighted by atomic mass is 9.98. The van der Waals surface area contributed by atoms with Gasteiger partial charge in [0.15, 0.2) is 0 Å². The number of ketones is 1. The first-order valence-corrected chi connectivity index (χ1v) is 8.35. The van der Waals surface area contributed by atoms with Crippen molar-refractivity contribution < 1.29 is 9.59 Å². The molecule has 1 rings (SSSR count). The van der Waals surface area contributed by atoms with Gasteiger partial charge >= 0.3 is 0 Å². The van der Waals surface area contributed by atoms with Crippen molar-refractivity contribution in [3.8, 4) is 0 Å². The second-order valence-corrected chi connectivity index (χ2v) is 4.82. The lowest BCUT2D eigenvalue weighted by molar-refractivity contribution is -0.126. The predicted molar refractivity (Wildman–Crippen MR) is 93.2 cm³/mol. The smallest absolute Gasteiger partial charge is 0.218 e. The van der Waals surface area contributed by atoms with Crippen molar-refractivity contribution in [3.05, 3.63) is 12.2 Å². The molecule has 0 aromatic heterocycles. The lowest BCUT2D eigenvalue weighted by Gasteiger charge is -2.06. The van der Waals surface area contributed by atoms with E-state index in [4.69, 9.17) is 5.73 Å². The molecule has 2 N–H and O–H groups in total. The summed E-state index contributed by atoms with van der Waals surface area (Å²) in [7, 11) is 0. The molecule has 0 radical (unpaired) electrons. The molecule has 1 fully saturated rings. The molecule has 21 heavy (non-hydrogen) atoms. The van der Waals surface area contributed by atoms with Gasteiger partial charge in [0, 0.05) is 12.3 Å². The van der Waals surface area contributed by atoms with Crippen molar-refractivity contribution in [3.63, 3.8) is 0 Å². The number of amides is 1. The molecular weight excluding hydrogens is 262 g/mol. The molecule has 1 atom stereocenters. The summed E-state index contributed by atoms with van der Waals surface area (Å²) in [5, 5.41) is 0. The Hall–Kier alpha value is -1.12. The monoisotopic (exact) mass is 299 g/mol. The molecule has 1 aliphatic carbocycles. The second kappa shape index (κ2) is 21.2. The van der Waals surface area contributed by atoms with E-state index in [0.717, 1.165) is 0 Å². The molecule has 0 heterocycles. The number of primary amides is 1. The van der Waals surface area contributed by atoms with Crippen molar-refractivity contribution in [2.75, 3.05) is 0 Å². The third kappa shape index (κ3) is 24.3. The third-order valence-electron chi connectivity index (χ3n) is 3.10. The summed E-state index contributed by atoms with van der Waals surface area (Å²) in [5.74, 6) is -0.527. The highest BCUT2D eigenvalue weighted by molar-refractivity contribution is 5.84. The van der Waals surface area contributed by atoms with Gasteiger partial charge in [0.25, 0.3) is 0 Å². The van der Waals surface area contributed by atoms with Crippen LogP contribution in [0.5, 0.6) is 0 Å². The number of Topliss-reactive ketones (excluding diaryl/α,β-unsaturated/α-hetero) is 1. The minimum Gasteiger partial charge on any atom is -0.370 e. The van der Waals surface area contributed by atoms with E-state index < -0.39 is 5.91 Å². The predicted octanol–water partition coefficient (Wildman–Crippen LogP) is 5.04. The van der Waals surface area contributed by atoms with Crippen LogP contribution in [0, 0.1) is 5.92 Å². The SMILES string of the molecule is C/C=C/C.C1CCCC1.CC.CC[C@H](CC(N)=O)C(C)=O. The van der Waals surface area contributed by atoms with Gasteiger partial charge < -0.3 is 5.73 Å². The fourth-order valence-electron chi connectivity index (χ4n) is 1.70. The molecule has 126 valence electrons. The van der Waals surface area contributed by atoms with Crippen molar-refractivity contribution in [2.45, 2.75) is 86.5 Å². The molecule has 0 unspecified atom stereocenters. The highest BCUT2D eigenvalue weighted by atomic mass is 16.1.